The number of carbonyl (C=O) groups is 3. The molecule has 0 saturated heterocycles. The monoisotopic (exact) mass is 594 g/mol. The van der Waals surface area contributed by atoms with Gasteiger partial charge >= 0.3 is 12.3 Å². The number of nitrogens with one attached hydrogen (secondary N) is 4. The number of aliphatic hydroxyl groups is 1. The van der Waals surface area contributed by atoms with Crippen LogP contribution in [-0.2, 0) is 22.3 Å². The lowest BCUT2D eigenvalue weighted by Crippen LogP contribution is -2.51. The first-order valence-corrected chi connectivity index (χ1v) is 13.7. The van der Waals surface area contributed by atoms with E-state index in [1.54, 1.807) is 20.8 Å². The van der Waals surface area contributed by atoms with Crippen molar-refractivity contribution in [1.82, 2.24) is 16.0 Å². The first-order valence-electron chi connectivity index (χ1n) is 13.7. The van der Waals surface area contributed by atoms with E-state index in [2.05, 4.69) is 27.3 Å². The first kappa shape index (κ1) is 34.6. The molecule has 12 heteroatoms. The van der Waals surface area contributed by atoms with Gasteiger partial charge in [-0.15, -0.1) is 0 Å². The van der Waals surface area contributed by atoms with E-state index in [0.717, 1.165) is 28.8 Å². The average molecular weight is 595 g/mol. The van der Waals surface area contributed by atoms with Gasteiger partial charge in [0.1, 0.15) is 5.60 Å². The first-order chi connectivity index (χ1) is 19.5. The third-order valence-electron chi connectivity index (χ3n) is 6.21. The molecule has 2 rings (SSSR count). The number of halogens is 3. The normalized spacial score (nSPS) is 13.2. The zero-order chi connectivity index (χ0) is 31.7. The number of aliphatic hydroxyl groups excluding tert-OH is 1. The molecule has 3 amide bonds. The van der Waals surface area contributed by atoms with Gasteiger partial charge in [-0.3, -0.25) is 14.9 Å². The standard InChI is InChI=1S/C30H41F3N4O5/c1-7-8-25(38)24(16-34-15-20-10-9-18(2)13-19(20)3)36-26(39)17-35-27(40)22-14-21(30(31,32)33)11-12-23(22)37-28(41)42-29(4,5)6/h9-14,24-25,34,38H,7-8,15-17H2,1-6H3,(H,35,40)(H,36,39)(H,37,41). The fraction of sp³-hybridized carbons (Fsp3) is 0.500. The Hall–Kier alpha value is -3.64. The summed E-state index contributed by atoms with van der Waals surface area (Å²) in [6.07, 6.45) is -5.48. The fourth-order valence-corrected chi connectivity index (χ4v) is 4.13. The number of benzene rings is 2. The van der Waals surface area contributed by atoms with Crippen LogP contribution in [0, 0.1) is 13.8 Å². The highest BCUT2D eigenvalue weighted by atomic mass is 19.4. The van der Waals surface area contributed by atoms with Crippen molar-refractivity contribution < 1.29 is 37.4 Å². The highest BCUT2D eigenvalue weighted by molar-refractivity contribution is 6.04. The molecular weight excluding hydrogens is 553 g/mol. The van der Waals surface area contributed by atoms with E-state index < -0.39 is 59.5 Å². The molecule has 0 bridgehead atoms. The molecule has 9 nitrogen and oxygen atoms in total. The number of anilines is 1. The minimum atomic E-state index is -4.75. The van der Waals surface area contributed by atoms with Crippen LogP contribution in [0.15, 0.2) is 36.4 Å². The van der Waals surface area contributed by atoms with Gasteiger partial charge in [-0.2, -0.15) is 13.2 Å². The fourth-order valence-electron chi connectivity index (χ4n) is 4.13. The molecule has 0 radical (unpaired) electrons. The van der Waals surface area contributed by atoms with E-state index >= 15 is 0 Å². The summed E-state index contributed by atoms with van der Waals surface area (Å²) in [6.45, 7) is 10.9. The zero-order valence-corrected chi connectivity index (χ0v) is 24.9. The molecule has 0 heterocycles. The number of hydrogen-bond donors (Lipinski definition) is 5. The molecule has 2 aromatic carbocycles. The second kappa shape index (κ2) is 15.0. The summed E-state index contributed by atoms with van der Waals surface area (Å²) in [7, 11) is 0. The molecule has 0 spiro atoms. The predicted molar refractivity (Wildman–Crippen MR) is 154 cm³/mol. The molecule has 0 aromatic heterocycles. The summed E-state index contributed by atoms with van der Waals surface area (Å²) in [5, 5.41) is 21.1. The van der Waals surface area contributed by atoms with Gasteiger partial charge in [0.25, 0.3) is 5.91 Å². The van der Waals surface area contributed by atoms with Gasteiger partial charge in [0.15, 0.2) is 0 Å². The van der Waals surface area contributed by atoms with Crippen LogP contribution in [0.4, 0.5) is 23.7 Å². The molecule has 2 unspecified atom stereocenters. The summed E-state index contributed by atoms with van der Waals surface area (Å²) in [6, 6.07) is 7.63. The largest absolute Gasteiger partial charge is 0.444 e. The lowest BCUT2D eigenvalue weighted by molar-refractivity contribution is -0.137. The molecule has 0 saturated carbocycles. The van der Waals surface area contributed by atoms with Gasteiger partial charge in [0.05, 0.1) is 35.5 Å². The number of rotatable bonds is 12. The number of amides is 3. The van der Waals surface area contributed by atoms with Crippen LogP contribution in [0.2, 0.25) is 0 Å². The zero-order valence-electron chi connectivity index (χ0n) is 24.9. The maximum Gasteiger partial charge on any atom is 0.416 e. The third kappa shape index (κ3) is 11.3. The van der Waals surface area contributed by atoms with Crippen molar-refractivity contribution in [3.05, 3.63) is 64.2 Å². The molecule has 232 valence electrons. The van der Waals surface area contributed by atoms with E-state index in [4.69, 9.17) is 4.74 Å². The van der Waals surface area contributed by atoms with Crippen LogP contribution >= 0.6 is 0 Å². The molecule has 42 heavy (non-hydrogen) atoms. The Labute approximate surface area is 244 Å². The molecule has 5 N–H and O–H groups in total. The molecule has 0 aliphatic heterocycles. The van der Waals surface area contributed by atoms with E-state index in [1.165, 1.54) is 0 Å². The van der Waals surface area contributed by atoms with Gasteiger partial charge in [0, 0.05) is 13.1 Å². The average Bonchev–Trinajstić information content (AvgIpc) is 2.86. The van der Waals surface area contributed by atoms with Crippen molar-refractivity contribution in [3.8, 4) is 0 Å². The number of aryl methyl sites for hydroxylation is 2. The van der Waals surface area contributed by atoms with E-state index in [0.29, 0.717) is 25.5 Å². The van der Waals surface area contributed by atoms with Crippen molar-refractivity contribution in [1.29, 1.82) is 0 Å². The Morgan fingerprint density at radius 2 is 1.71 bits per heavy atom. The lowest BCUT2D eigenvalue weighted by Gasteiger charge is -2.25. The van der Waals surface area contributed by atoms with Crippen molar-refractivity contribution in [3.63, 3.8) is 0 Å². The van der Waals surface area contributed by atoms with Crippen LogP contribution in [0.25, 0.3) is 0 Å². The van der Waals surface area contributed by atoms with Crippen molar-refractivity contribution in [2.24, 2.45) is 0 Å². The van der Waals surface area contributed by atoms with Gasteiger partial charge < -0.3 is 25.8 Å². The highest BCUT2D eigenvalue weighted by Crippen LogP contribution is 2.32. The lowest BCUT2D eigenvalue weighted by atomic mass is 10.0. The van der Waals surface area contributed by atoms with E-state index in [9.17, 15) is 32.7 Å². The Morgan fingerprint density at radius 1 is 1.02 bits per heavy atom. The molecule has 0 aliphatic rings. The number of carbonyl (C=O) groups excluding carboxylic acids is 3. The second-order valence-corrected chi connectivity index (χ2v) is 11.2. The maximum atomic E-state index is 13.4. The SMILES string of the molecule is CCCC(O)C(CNCc1ccc(C)cc1C)NC(=O)CNC(=O)c1cc(C(F)(F)F)ccc1NC(=O)OC(C)(C)C. The van der Waals surface area contributed by atoms with Gasteiger partial charge in [-0.25, -0.2) is 4.79 Å². The van der Waals surface area contributed by atoms with Gasteiger partial charge in [-0.05, 0) is 70.4 Å². The highest BCUT2D eigenvalue weighted by Gasteiger charge is 2.32. The van der Waals surface area contributed by atoms with Gasteiger partial charge in [-0.1, -0.05) is 37.1 Å². The summed E-state index contributed by atoms with van der Waals surface area (Å²) in [4.78, 5) is 37.9. The van der Waals surface area contributed by atoms with Crippen LogP contribution in [0.3, 0.4) is 0 Å². The number of alkyl halides is 3. The van der Waals surface area contributed by atoms with Crippen LogP contribution in [0.5, 0.6) is 0 Å². The minimum Gasteiger partial charge on any atom is -0.444 e. The second-order valence-electron chi connectivity index (χ2n) is 11.2. The molecule has 0 fully saturated rings. The summed E-state index contributed by atoms with van der Waals surface area (Å²) >= 11 is 0. The predicted octanol–water partition coefficient (Wildman–Crippen LogP) is 4.83. The maximum absolute atomic E-state index is 13.4. The Balaban J connectivity index is 2.10. The quantitative estimate of drug-likeness (QED) is 0.239. The smallest absolute Gasteiger partial charge is 0.416 e. The summed E-state index contributed by atoms with van der Waals surface area (Å²) in [5.74, 6) is -1.66. The van der Waals surface area contributed by atoms with E-state index in [1.807, 2.05) is 32.9 Å². The van der Waals surface area contributed by atoms with Gasteiger partial charge in [0.2, 0.25) is 5.91 Å². The molecule has 2 atom stereocenters. The minimum absolute atomic E-state index is 0.220. The van der Waals surface area contributed by atoms with Crippen molar-refractivity contribution >= 4 is 23.6 Å². The number of ether oxygens (including phenoxy) is 1. The van der Waals surface area contributed by atoms with Crippen LogP contribution < -0.4 is 21.3 Å². The Morgan fingerprint density at radius 3 is 2.31 bits per heavy atom. The molecule has 0 aliphatic carbocycles. The number of hydrogen-bond acceptors (Lipinski definition) is 6. The van der Waals surface area contributed by atoms with Crippen molar-refractivity contribution in [2.45, 2.75) is 84.9 Å². The topological polar surface area (TPSA) is 129 Å². The van der Waals surface area contributed by atoms with Crippen molar-refractivity contribution in [2.75, 3.05) is 18.4 Å². The summed E-state index contributed by atoms with van der Waals surface area (Å²) in [5.41, 5.74) is 0.602. The van der Waals surface area contributed by atoms with Crippen LogP contribution in [0.1, 0.15) is 73.1 Å². The Bertz CT molecular complexity index is 1240. The Kier molecular flexibility index (Phi) is 12.4. The molecular formula is C30H41F3N4O5. The van der Waals surface area contributed by atoms with Crippen LogP contribution in [-0.4, -0.2) is 53.9 Å². The summed E-state index contributed by atoms with van der Waals surface area (Å²) < 4.78 is 45.2. The third-order valence-corrected chi connectivity index (χ3v) is 6.21. The van der Waals surface area contributed by atoms with E-state index in [-0.39, 0.29) is 12.2 Å². The molecule has 2 aromatic rings.